The zero-order valence-electron chi connectivity index (χ0n) is 13.7. The molecule has 1 aromatic heterocycles. The lowest BCUT2D eigenvalue weighted by atomic mass is 10.2. The summed E-state index contributed by atoms with van der Waals surface area (Å²) in [6, 6.07) is 10.2. The topological polar surface area (TPSA) is 47.4 Å². The van der Waals surface area contributed by atoms with Gasteiger partial charge in [0.15, 0.2) is 0 Å². The Bertz CT molecular complexity index is 647. The fourth-order valence-electron chi connectivity index (χ4n) is 3.22. The van der Waals surface area contributed by atoms with Gasteiger partial charge in [0.05, 0.1) is 12.6 Å². The van der Waals surface area contributed by atoms with Crippen LogP contribution in [0.2, 0.25) is 0 Å². The lowest BCUT2D eigenvalue weighted by molar-refractivity contribution is -0.135. The van der Waals surface area contributed by atoms with E-state index in [0.29, 0.717) is 12.6 Å². The summed E-state index contributed by atoms with van der Waals surface area (Å²) in [5, 5.41) is 0. The van der Waals surface area contributed by atoms with Crippen molar-refractivity contribution in [1.82, 2.24) is 14.5 Å². The number of hydrogen-bond donors (Lipinski definition) is 0. The zero-order chi connectivity index (χ0) is 16.2. The molecular weight excluding hydrogens is 290 g/mol. The first-order valence-electron chi connectivity index (χ1n) is 8.05. The normalized spacial score (nSPS) is 17.7. The number of likely N-dealkylation sites (tertiary alicyclic amines) is 1. The molecule has 1 aromatic carbocycles. The first-order chi connectivity index (χ1) is 11.1. The summed E-state index contributed by atoms with van der Waals surface area (Å²) in [5.74, 6) is 1.08. The predicted molar refractivity (Wildman–Crippen MR) is 88.0 cm³/mol. The molecule has 122 valence electrons. The van der Waals surface area contributed by atoms with Gasteiger partial charge in [0.25, 0.3) is 0 Å². The van der Waals surface area contributed by atoms with Crippen molar-refractivity contribution >= 4 is 5.91 Å². The molecular formula is C18H23N3O2. The standard InChI is InChI=1S/C18H23N3O2/c1-14-10-19-15(2)21(14)17-8-9-20(11-17)18(22)13-23-12-16-6-4-3-5-7-16/h3-7,10,17H,8-9,11-13H2,1-2H3. The van der Waals surface area contributed by atoms with E-state index in [1.807, 2.05) is 48.4 Å². The Morgan fingerprint density at radius 3 is 2.78 bits per heavy atom. The molecule has 1 unspecified atom stereocenters. The van der Waals surface area contributed by atoms with Gasteiger partial charge in [0.2, 0.25) is 5.91 Å². The van der Waals surface area contributed by atoms with E-state index in [1.165, 1.54) is 0 Å². The molecule has 0 radical (unpaired) electrons. The number of aromatic nitrogens is 2. The molecule has 1 aliphatic rings. The van der Waals surface area contributed by atoms with Crippen LogP contribution >= 0.6 is 0 Å². The molecule has 2 aromatic rings. The number of nitrogens with zero attached hydrogens (tertiary/aromatic N) is 3. The number of rotatable bonds is 5. The minimum atomic E-state index is 0.0684. The van der Waals surface area contributed by atoms with Gasteiger partial charge in [-0.3, -0.25) is 4.79 Å². The molecule has 5 heteroatoms. The van der Waals surface area contributed by atoms with Crippen LogP contribution in [0.1, 0.15) is 29.5 Å². The first kappa shape index (κ1) is 15.7. The third kappa shape index (κ3) is 3.62. The lowest BCUT2D eigenvalue weighted by Crippen LogP contribution is -2.32. The highest BCUT2D eigenvalue weighted by Crippen LogP contribution is 2.24. The molecule has 3 rings (SSSR count). The van der Waals surface area contributed by atoms with Crippen LogP contribution in [0.15, 0.2) is 36.5 Å². The third-order valence-corrected chi connectivity index (χ3v) is 4.39. The minimum Gasteiger partial charge on any atom is -0.367 e. The summed E-state index contributed by atoms with van der Waals surface area (Å²) < 4.78 is 7.79. The average Bonchev–Trinajstić information content (AvgIpc) is 3.15. The van der Waals surface area contributed by atoms with Gasteiger partial charge in [-0.15, -0.1) is 0 Å². The van der Waals surface area contributed by atoms with Crippen LogP contribution in [-0.2, 0) is 16.1 Å². The largest absolute Gasteiger partial charge is 0.367 e. The Balaban J connectivity index is 1.50. The minimum absolute atomic E-state index is 0.0684. The van der Waals surface area contributed by atoms with Crippen molar-refractivity contribution in [2.24, 2.45) is 0 Å². The van der Waals surface area contributed by atoms with Crippen molar-refractivity contribution in [2.75, 3.05) is 19.7 Å². The SMILES string of the molecule is Cc1cnc(C)n1C1CCN(C(=O)COCc2ccccc2)C1. The fraction of sp³-hybridized carbons (Fsp3) is 0.444. The van der Waals surface area contributed by atoms with Crippen LogP contribution in [0, 0.1) is 13.8 Å². The van der Waals surface area contributed by atoms with Crippen LogP contribution in [0.25, 0.3) is 0 Å². The van der Waals surface area contributed by atoms with Crippen LogP contribution in [-0.4, -0.2) is 40.1 Å². The highest BCUT2D eigenvalue weighted by atomic mass is 16.5. The van der Waals surface area contributed by atoms with E-state index >= 15 is 0 Å². The Labute approximate surface area is 136 Å². The molecule has 1 saturated heterocycles. The molecule has 0 saturated carbocycles. The van der Waals surface area contributed by atoms with Crippen molar-refractivity contribution in [3.8, 4) is 0 Å². The second-order valence-corrected chi connectivity index (χ2v) is 6.08. The molecule has 1 amide bonds. The van der Waals surface area contributed by atoms with Crippen LogP contribution in [0.3, 0.4) is 0 Å². The van der Waals surface area contributed by atoms with E-state index in [1.54, 1.807) is 0 Å². The second-order valence-electron chi connectivity index (χ2n) is 6.08. The third-order valence-electron chi connectivity index (χ3n) is 4.39. The Hall–Kier alpha value is -2.14. The van der Waals surface area contributed by atoms with Gasteiger partial charge in [0, 0.05) is 25.0 Å². The van der Waals surface area contributed by atoms with E-state index < -0.39 is 0 Å². The van der Waals surface area contributed by atoms with Gasteiger partial charge >= 0.3 is 0 Å². The molecule has 1 atom stereocenters. The van der Waals surface area contributed by atoms with Gasteiger partial charge in [-0.05, 0) is 25.8 Å². The highest BCUT2D eigenvalue weighted by Gasteiger charge is 2.28. The molecule has 0 spiro atoms. The Kier molecular flexibility index (Phi) is 4.76. The monoisotopic (exact) mass is 313 g/mol. The van der Waals surface area contributed by atoms with Gasteiger partial charge in [-0.2, -0.15) is 0 Å². The first-order valence-corrected chi connectivity index (χ1v) is 8.05. The van der Waals surface area contributed by atoms with Crippen molar-refractivity contribution in [3.05, 3.63) is 53.6 Å². The molecule has 2 heterocycles. The number of hydrogen-bond acceptors (Lipinski definition) is 3. The van der Waals surface area contributed by atoms with Crippen molar-refractivity contribution in [3.63, 3.8) is 0 Å². The van der Waals surface area contributed by atoms with Crippen LogP contribution in [0.5, 0.6) is 0 Å². The molecule has 5 nitrogen and oxygen atoms in total. The van der Waals surface area contributed by atoms with E-state index in [2.05, 4.69) is 16.5 Å². The van der Waals surface area contributed by atoms with E-state index in [-0.39, 0.29) is 12.5 Å². The lowest BCUT2D eigenvalue weighted by Gasteiger charge is -2.19. The Morgan fingerprint density at radius 2 is 2.09 bits per heavy atom. The molecule has 1 aliphatic heterocycles. The summed E-state index contributed by atoms with van der Waals surface area (Å²) in [7, 11) is 0. The maximum atomic E-state index is 12.3. The number of aryl methyl sites for hydroxylation is 2. The quantitative estimate of drug-likeness (QED) is 0.852. The summed E-state index contributed by atoms with van der Waals surface area (Å²) in [6.45, 7) is 6.22. The maximum absolute atomic E-state index is 12.3. The predicted octanol–water partition coefficient (Wildman–Crippen LogP) is 2.49. The van der Waals surface area contributed by atoms with E-state index in [0.717, 1.165) is 36.6 Å². The van der Waals surface area contributed by atoms with Crippen molar-refractivity contribution in [1.29, 1.82) is 0 Å². The summed E-state index contributed by atoms with van der Waals surface area (Å²) in [6.07, 6.45) is 2.87. The number of carbonyl (C=O) groups is 1. The van der Waals surface area contributed by atoms with Crippen molar-refractivity contribution < 1.29 is 9.53 Å². The van der Waals surface area contributed by atoms with Crippen LogP contribution < -0.4 is 0 Å². The van der Waals surface area contributed by atoms with Gasteiger partial charge < -0.3 is 14.2 Å². The van der Waals surface area contributed by atoms with Gasteiger partial charge in [-0.1, -0.05) is 30.3 Å². The fourth-order valence-corrected chi connectivity index (χ4v) is 3.22. The van der Waals surface area contributed by atoms with E-state index in [9.17, 15) is 4.79 Å². The number of benzene rings is 1. The molecule has 0 N–H and O–H groups in total. The number of imidazole rings is 1. The Morgan fingerprint density at radius 1 is 1.30 bits per heavy atom. The summed E-state index contributed by atoms with van der Waals surface area (Å²) >= 11 is 0. The smallest absolute Gasteiger partial charge is 0.248 e. The van der Waals surface area contributed by atoms with E-state index in [4.69, 9.17) is 4.74 Å². The van der Waals surface area contributed by atoms with Crippen LogP contribution in [0.4, 0.5) is 0 Å². The average molecular weight is 313 g/mol. The number of carbonyl (C=O) groups excluding carboxylic acids is 1. The maximum Gasteiger partial charge on any atom is 0.248 e. The van der Waals surface area contributed by atoms with Gasteiger partial charge in [-0.25, -0.2) is 4.98 Å². The summed E-state index contributed by atoms with van der Waals surface area (Å²) in [4.78, 5) is 18.5. The zero-order valence-corrected chi connectivity index (χ0v) is 13.7. The highest BCUT2D eigenvalue weighted by molar-refractivity contribution is 5.77. The second kappa shape index (κ2) is 6.96. The van der Waals surface area contributed by atoms with Crippen molar-refractivity contribution in [2.45, 2.75) is 32.9 Å². The number of ether oxygens (including phenoxy) is 1. The van der Waals surface area contributed by atoms with Gasteiger partial charge in [0.1, 0.15) is 12.4 Å². The molecule has 1 fully saturated rings. The molecule has 0 bridgehead atoms. The molecule has 0 aliphatic carbocycles. The number of amides is 1. The summed E-state index contributed by atoms with van der Waals surface area (Å²) in [5.41, 5.74) is 2.24. The molecule has 23 heavy (non-hydrogen) atoms.